The Kier molecular flexibility index (Phi) is 5.03. The highest BCUT2D eigenvalue weighted by Crippen LogP contribution is 2.28. The van der Waals surface area contributed by atoms with Crippen molar-refractivity contribution in [2.24, 2.45) is 5.73 Å². The molecule has 1 heterocycles. The second kappa shape index (κ2) is 6.78. The Morgan fingerprint density at radius 2 is 2.14 bits per heavy atom. The van der Waals surface area contributed by atoms with E-state index in [9.17, 15) is 4.79 Å². The topological polar surface area (TPSA) is 78.4 Å². The maximum atomic E-state index is 12.3. The van der Waals surface area contributed by atoms with Gasteiger partial charge in [-0.3, -0.25) is 0 Å². The Bertz CT molecular complexity index is 600. The van der Waals surface area contributed by atoms with Crippen LogP contribution in [0.2, 0.25) is 0 Å². The number of thioether (sulfide) groups is 1. The van der Waals surface area contributed by atoms with Crippen molar-refractivity contribution in [2.45, 2.75) is 24.6 Å². The molecule has 2 aromatic rings. The standard InChI is InChI=1S/C15H18N2O3S/c1-3-19-13(18)15(16,12-7-5-4-6-8-12)10-21-14-17-11(2)9-20-14/h4-9H,3,10,16H2,1-2H3. The van der Waals surface area contributed by atoms with Crippen molar-refractivity contribution >= 4 is 17.7 Å². The maximum Gasteiger partial charge on any atom is 0.331 e. The number of carbonyl (C=O) groups excluding carboxylic acids is 1. The maximum absolute atomic E-state index is 12.3. The molecule has 0 aliphatic heterocycles. The molecule has 1 atom stereocenters. The van der Waals surface area contributed by atoms with Crippen LogP contribution in [0.5, 0.6) is 0 Å². The molecule has 5 nitrogen and oxygen atoms in total. The smallest absolute Gasteiger partial charge is 0.331 e. The molecule has 0 fully saturated rings. The number of aromatic nitrogens is 1. The van der Waals surface area contributed by atoms with Gasteiger partial charge in [-0.2, -0.15) is 0 Å². The summed E-state index contributed by atoms with van der Waals surface area (Å²) in [5.74, 6) is -0.164. The molecule has 0 saturated carbocycles. The molecule has 0 bridgehead atoms. The number of rotatable bonds is 6. The highest BCUT2D eigenvalue weighted by molar-refractivity contribution is 7.99. The summed E-state index contributed by atoms with van der Waals surface area (Å²) < 4.78 is 10.4. The third kappa shape index (κ3) is 3.65. The second-order valence-electron chi connectivity index (χ2n) is 4.60. The van der Waals surface area contributed by atoms with Crippen molar-refractivity contribution in [1.29, 1.82) is 0 Å². The summed E-state index contributed by atoms with van der Waals surface area (Å²) in [6.07, 6.45) is 1.56. The van der Waals surface area contributed by atoms with Gasteiger partial charge in [0, 0.05) is 5.75 Å². The van der Waals surface area contributed by atoms with E-state index in [-0.39, 0.29) is 12.4 Å². The van der Waals surface area contributed by atoms with Gasteiger partial charge in [-0.15, -0.1) is 0 Å². The molecule has 1 aromatic heterocycles. The SMILES string of the molecule is CCOC(=O)C(N)(CSc1nc(C)co1)c1ccccc1. The molecule has 0 amide bonds. The zero-order chi connectivity index (χ0) is 15.3. The lowest BCUT2D eigenvalue weighted by atomic mass is 9.93. The number of nitrogens with two attached hydrogens (primary N) is 1. The summed E-state index contributed by atoms with van der Waals surface area (Å²) >= 11 is 1.29. The summed E-state index contributed by atoms with van der Waals surface area (Å²) in [4.78, 5) is 16.5. The zero-order valence-electron chi connectivity index (χ0n) is 12.0. The number of aryl methyl sites for hydroxylation is 1. The number of hydrogen-bond donors (Lipinski definition) is 1. The highest BCUT2D eigenvalue weighted by Gasteiger charge is 2.38. The minimum Gasteiger partial charge on any atom is -0.464 e. The number of ether oxygens (including phenoxy) is 1. The molecule has 0 radical (unpaired) electrons. The Morgan fingerprint density at radius 3 is 2.71 bits per heavy atom. The number of benzene rings is 1. The van der Waals surface area contributed by atoms with E-state index in [0.717, 1.165) is 5.69 Å². The predicted molar refractivity (Wildman–Crippen MR) is 80.9 cm³/mol. The van der Waals surface area contributed by atoms with Crippen molar-refractivity contribution in [3.8, 4) is 0 Å². The van der Waals surface area contributed by atoms with Crippen LogP contribution in [0.25, 0.3) is 0 Å². The van der Waals surface area contributed by atoms with Crippen LogP contribution >= 0.6 is 11.8 Å². The van der Waals surface area contributed by atoms with Gasteiger partial charge in [-0.25, -0.2) is 9.78 Å². The molecule has 112 valence electrons. The molecule has 0 aliphatic rings. The molecule has 0 spiro atoms. The Balaban J connectivity index is 2.21. The quantitative estimate of drug-likeness (QED) is 0.652. The van der Waals surface area contributed by atoms with Crippen LogP contribution in [0.1, 0.15) is 18.2 Å². The molecular weight excluding hydrogens is 288 g/mol. The first kappa shape index (κ1) is 15.6. The fourth-order valence-corrected chi connectivity index (χ4v) is 2.79. The van der Waals surface area contributed by atoms with E-state index >= 15 is 0 Å². The third-order valence-electron chi connectivity index (χ3n) is 2.95. The molecule has 6 heteroatoms. The van der Waals surface area contributed by atoms with Crippen LogP contribution < -0.4 is 5.73 Å². The van der Waals surface area contributed by atoms with Gasteiger partial charge in [0.2, 0.25) is 0 Å². The van der Waals surface area contributed by atoms with Gasteiger partial charge < -0.3 is 14.9 Å². The van der Waals surface area contributed by atoms with Crippen molar-refractivity contribution in [1.82, 2.24) is 4.98 Å². The van der Waals surface area contributed by atoms with Crippen molar-refractivity contribution < 1.29 is 13.9 Å². The number of hydrogen-bond acceptors (Lipinski definition) is 6. The lowest BCUT2D eigenvalue weighted by Gasteiger charge is -2.26. The van der Waals surface area contributed by atoms with E-state index in [1.807, 2.05) is 37.3 Å². The lowest BCUT2D eigenvalue weighted by Crippen LogP contribution is -2.48. The van der Waals surface area contributed by atoms with Gasteiger partial charge in [0.15, 0.2) is 0 Å². The second-order valence-corrected chi connectivity index (χ2v) is 5.53. The average molecular weight is 306 g/mol. The van der Waals surface area contributed by atoms with Crippen molar-refractivity contribution in [2.75, 3.05) is 12.4 Å². The number of carbonyl (C=O) groups is 1. The van der Waals surface area contributed by atoms with Crippen LogP contribution in [-0.2, 0) is 15.1 Å². The van der Waals surface area contributed by atoms with Crippen LogP contribution in [-0.4, -0.2) is 23.3 Å². The first-order valence-electron chi connectivity index (χ1n) is 6.63. The zero-order valence-corrected chi connectivity index (χ0v) is 12.9. The van der Waals surface area contributed by atoms with Crippen molar-refractivity contribution in [3.63, 3.8) is 0 Å². The fraction of sp³-hybridized carbons (Fsp3) is 0.333. The van der Waals surface area contributed by atoms with E-state index in [2.05, 4.69) is 4.98 Å². The Morgan fingerprint density at radius 1 is 1.43 bits per heavy atom. The van der Waals surface area contributed by atoms with E-state index in [4.69, 9.17) is 14.9 Å². The molecule has 21 heavy (non-hydrogen) atoms. The molecule has 2 rings (SSSR count). The van der Waals surface area contributed by atoms with Gasteiger partial charge in [0.1, 0.15) is 11.8 Å². The largest absolute Gasteiger partial charge is 0.464 e. The van der Waals surface area contributed by atoms with E-state index < -0.39 is 11.5 Å². The normalized spacial score (nSPS) is 13.7. The van der Waals surface area contributed by atoms with Crippen LogP contribution in [0, 0.1) is 6.92 Å². The Labute approximate surface area is 127 Å². The molecule has 2 N–H and O–H groups in total. The van der Waals surface area contributed by atoms with Gasteiger partial charge in [-0.05, 0) is 19.4 Å². The highest BCUT2D eigenvalue weighted by atomic mass is 32.2. The van der Waals surface area contributed by atoms with Crippen LogP contribution in [0.3, 0.4) is 0 Å². The molecule has 1 unspecified atom stereocenters. The monoisotopic (exact) mass is 306 g/mol. The van der Waals surface area contributed by atoms with E-state index in [1.54, 1.807) is 13.2 Å². The van der Waals surface area contributed by atoms with Crippen LogP contribution in [0.4, 0.5) is 0 Å². The summed E-state index contributed by atoms with van der Waals surface area (Å²) in [6, 6.07) is 9.20. The number of nitrogens with zero attached hydrogens (tertiary/aromatic N) is 1. The number of oxazole rings is 1. The van der Waals surface area contributed by atoms with E-state index in [1.165, 1.54) is 11.8 Å². The summed E-state index contributed by atoms with van der Waals surface area (Å²) in [5.41, 5.74) is 6.60. The van der Waals surface area contributed by atoms with Gasteiger partial charge in [0.05, 0.1) is 12.3 Å². The van der Waals surface area contributed by atoms with Gasteiger partial charge in [-0.1, -0.05) is 42.1 Å². The fourth-order valence-electron chi connectivity index (χ4n) is 1.83. The Hall–Kier alpha value is -1.79. The number of esters is 1. The van der Waals surface area contributed by atoms with Gasteiger partial charge in [0.25, 0.3) is 5.22 Å². The summed E-state index contributed by atoms with van der Waals surface area (Å²) in [6.45, 7) is 3.88. The van der Waals surface area contributed by atoms with E-state index in [0.29, 0.717) is 10.8 Å². The predicted octanol–water partition coefficient (Wildman–Crippen LogP) is 2.49. The summed E-state index contributed by atoms with van der Waals surface area (Å²) in [5, 5.41) is 0.488. The molecule has 0 aliphatic carbocycles. The molecular formula is C15H18N2O3S. The van der Waals surface area contributed by atoms with Gasteiger partial charge >= 0.3 is 5.97 Å². The first-order valence-corrected chi connectivity index (χ1v) is 7.61. The van der Waals surface area contributed by atoms with Crippen molar-refractivity contribution in [3.05, 3.63) is 47.9 Å². The minimum absolute atomic E-state index is 0.285. The minimum atomic E-state index is -1.23. The molecule has 1 aromatic carbocycles. The first-order chi connectivity index (χ1) is 10.1. The third-order valence-corrected chi connectivity index (χ3v) is 3.98. The average Bonchev–Trinajstić information content (AvgIpc) is 2.91. The van der Waals surface area contributed by atoms with Crippen LogP contribution in [0.15, 0.2) is 46.2 Å². The molecule has 0 saturated heterocycles. The lowest BCUT2D eigenvalue weighted by molar-refractivity contribution is -0.149. The summed E-state index contributed by atoms with van der Waals surface area (Å²) in [7, 11) is 0.